The predicted octanol–water partition coefficient (Wildman–Crippen LogP) is 5.26. The number of benzene rings is 1. The number of carbonyl (C=O) groups is 1. The van der Waals surface area contributed by atoms with Crippen LogP contribution in [0.15, 0.2) is 45.6 Å². The third kappa shape index (κ3) is 5.28. The highest BCUT2D eigenvalue weighted by molar-refractivity contribution is 6.36. The number of rotatable bonds is 3. The van der Waals surface area contributed by atoms with Crippen molar-refractivity contribution >= 4 is 35.2 Å². The fourth-order valence-corrected chi connectivity index (χ4v) is 5.51. The molecule has 192 valence electrons. The van der Waals surface area contributed by atoms with Crippen molar-refractivity contribution in [1.29, 1.82) is 5.26 Å². The lowest BCUT2D eigenvalue weighted by Gasteiger charge is -2.30. The van der Waals surface area contributed by atoms with Gasteiger partial charge in [-0.3, -0.25) is 4.90 Å². The van der Waals surface area contributed by atoms with Gasteiger partial charge < -0.3 is 14.5 Å². The first kappa shape index (κ1) is 25.1. The minimum atomic E-state index is -0.628. The second kappa shape index (κ2) is 10.1. The van der Waals surface area contributed by atoms with E-state index < -0.39 is 11.7 Å². The first-order valence-corrected chi connectivity index (χ1v) is 13.0. The fraction of sp³-hybridized carbons (Fsp3) is 0.429. The molecule has 1 amide bonds. The molecule has 5 rings (SSSR count). The molecular formula is C28H30ClN5O3. The zero-order valence-corrected chi connectivity index (χ0v) is 22.0. The molecule has 1 saturated carbocycles. The van der Waals surface area contributed by atoms with Gasteiger partial charge >= 0.3 is 6.09 Å². The van der Waals surface area contributed by atoms with Gasteiger partial charge in [0.05, 0.1) is 46.9 Å². The van der Waals surface area contributed by atoms with E-state index in [9.17, 15) is 4.79 Å². The van der Waals surface area contributed by atoms with E-state index in [-0.39, 0.29) is 12.0 Å². The Labute approximate surface area is 220 Å². The van der Waals surface area contributed by atoms with Gasteiger partial charge in [-0.25, -0.2) is 4.79 Å². The van der Waals surface area contributed by atoms with Gasteiger partial charge in [0.1, 0.15) is 11.4 Å². The Hall–Kier alpha value is -3.57. The molecule has 0 atom stereocenters. The second-order valence-electron chi connectivity index (χ2n) is 10.6. The summed E-state index contributed by atoms with van der Waals surface area (Å²) in [6.07, 6.45) is 6.72. The van der Waals surface area contributed by atoms with Gasteiger partial charge in [0.15, 0.2) is 0 Å². The lowest BCUT2D eigenvalue weighted by Crippen LogP contribution is -2.39. The highest BCUT2D eigenvalue weighted by Crippen LogP contribution is 2.38. The summed E-state index contributed by atoms with van der Waals surface area (Å²) in [6, 6.07) is 9.43. The van der Waals surface area contributed by atoms with Crippen LogP contribution in [0.2, 0.25) is 0 Å². The maximum atomic E-state index is 13.3. The predicted molar refractivity (Wildman–Crippen MR) is 142 cm³/mol. The molecule has 37 heavy (non-hydrogen) atoms. The number of aromatic nitrogens is 1. The first-order valence-electron chi connectivity index (χ1n) is 12.6. The number of anilines is 1. The molecule has 0 unspecified atom stereocenters. The number of halogens is 1. The van der Waals surface area contributed by atoms with Gasteiger partial charge in [-0.1, -0.05) is 17.7 Å². The summed E-state index contributed by atoms with van der Waals surface area (Å²) >= 11 is 6.92. The fourth-order valence-electron chi connectivity index (χ4n) is 5.20. The molecule has 9 heteroatoms. The van der Waals surface area contributed by atoms with Crippen molar-refractivity contribution in [2.75, 3.05) is 11.4 Å². The van der Waals surface area contributed by atoms with E-state index >= 15 is 0 Å². The monoisotopic (exact) mass is 519 g/mol. The summed E-state index contributed by atoms with van der Waals surface area (Å²) in [5, 5.41) is 19.8. The van der Waals surface area contributed by atoms with Crippen molar-refractivity contribution in [2.45, 2.75) is 64.7 Å². The summed E-state index contributed by atoms with van der Waals surface area (Å²) in [7, 11) is 0. The molecule has 8 nitrogen and oxygen atoms in total. The lowest BCUT2D eigenvalue weighted by molar-refractivity contribution is 0.0584. The molecule has 1 N–H and O–H groups in total. The van der Waals surface area contributed by atoms with Crippen molar-refractivity contribution in [3.05, 3.63) is 57.2 Å². The Morgan fingerprint density at radius 2 is 2.03 bits per heavy atom. The summed E-state index contributed by atoms with van der Waals surface area (Å²) < 4.78 is 11.9. The third-order valence-corrected chi connectivity index (χ3v) is 7.17. The van der Waals surface area contributed by atoms with E-state index in [1.165, 1.54) is 0 Å². The Kier molecular flexibility index (Phi) is 6.82. The average Bonchev–Trinajstić information content (AvgIpc) is 3.16. The molecule has 3 heterocycles. The maximum Gasteiger partial charge on any atom is 0.415 e. The molecule has 1 aliphatic carbocycles. The van der Waals surface area contributed by atoms with Crippen LogP contribution in [0, 0.1) is 17.2 Å². The Morgan fingerprint density at radius 1 is 1.24 bits per heavy atom. The van der Waals surface area contributed by atoms with Gasteiger partial charge in [-0.2, -0.15) is 15.5 Å². The number of carbonyl (C=O) groups excluding carboxylic acids is 1. The molecule has 1 aromatic carbocycles. The Morgan fingerprint density at radius 3 is 2.76 bits per heavy atom. The van der Waals surface area contributed by atoms with Crippen LogP contribution in [0.3, 0.4) is 0 Å². The minimum absolute atomic E-state index is 0.0693. The van der Waals surface area contributed by atoms with Crippen LogP contribution >= 0.6 is 11.6 Å². The van der Waals surface area contributed by atoms with E-state index in [0.29, 0.717) is 23.7 Å². The number of ether oxygens (including phenoxy) is 2. The molecule has 1 fully saturated rings. The van der Waals surface area contributed by atoms with E-state index in [4.69, 9.17) is 26.3 Å². The van der Waals surface area contributed by atoms with E-state index in [2.05, 4.69) is 21.3 Å². The maximum absolute atomic E-state index is 13.3. The van der Waals surface area contributed by atoms with Gasteiger partial charge in [0.2, 0.25) is 0 Å². The zero-order chi connectivity index (χ0) is 26.2. The number of fused-ring (bicyclic) bond motifs is 3. The van der Waals surface area contributed by atoms with Crippen LogP contribution in [0.1, 0.15) is 57.6 Å². The molecule has 0 bridgehead atoms. The minimum Gasteiger partial charge on any atom is -0.490 e. The van der Waals surface area contributed by atoms with Crippen molar-refractivity contribution in [2.24, 2.45) is 16.1 Å². The van der Waals surface area contributed by atoms with E-state index in [1.807, 2.05) is 39.0 Å². The highest BCUT2D eigenvalue weighted by atomic mass is 35.5. The number of hydrogen-bond donors (Lipinski definition) is 1. The Bertz CT molecular complexity index is 1440. The molecule has 2 aliphatic heterocycles. The van der Waals surface area contributed by atoms with Gasteiger partial charge in [0.25, 0.3) is 0 Å². The standard InChI is InChI=1S/C28H30ClN5O3/c1-28(2,3)37-27(35)34-12-11-22(29)24(25-26(34)21-15-31-32-16-23(21)33-25)18-7-9-19(10-8-18)36-20-6-4-5-17(13-20)14-30/h4-6,11,13,16,18-19,33H,7-10,12,15H2,1-3H3. The number of hydrogen-bond acceptors (Lipinski definition) is 6. The molecule has 0 saturated heterocycles. The lowest BCUT2D eigenvalue weighted by atomic mass is 9.81. The zero-order valence-electron chi connectivity index (χ0n) is 21.3. The van der Waals surface area contributed by atoms with Crippen LogP contribution in [-0.4, -0.2) is 29.3 Å². The van der Waals surface area contributed by atoms with Crippen molar-refractivity contribution in [3.63, 3.8) is 0 Å². The average molecular weight is 520 g/mol. The molecule has 3 aliphatic rings. The molecule has 1 aromatic heterocycles. The quantitative estimate of drug-likeness (QED) is 0.597. The summed E-state index contributed by atoms with van der Waals surface area (Å²) in [5.74, 6) is 0.915. The summed E-state index contributed by atoms with van der Waals surface area (Å²) in [6.45, 7) is 6.25. The highest BCUT2D eigenvalue weighted by Gasteiger charge is 2.33. The van der Waals surface area contributed by atoms with Gasteiger partial charge in [-0.15, -0.1) is 0 Å². The number of nitrogens with zero attached hydrogens (tertiary/aromatic N) is 4. The summed E-state index contributed by atoms with van der Waals surface area (Å²) in [5.41, 5.74) is 2.66. The van der Waals surface area contributed by atoms with Crippen LogP contribution in [0.5, 0.6) is 5.75 Å². The van der Waals surface area contributed by atoms with Crippen LogP contribution < -0.4 is 20.3 Å². The number of aromatic amines is 1. The normalized spacial score (nSPS) is 21.1. The molecule has 0 spiro atoms. The first-order chi connectivity index (χ1) is 17.7. The van der Waals surface area contributed by atoms with Crippen LogP contribution in [-0.2, 0) is 11.3 Å². The summed E-state index contributed by atoms with van der Waals surface area (Å²) in [4.78, 5) is 18.4. The van der Waals surface area contributed by atoms with E-state index in [0.717, 1.165) is 59.0 Å². The van der Waals surface area contributed by atoms with Crippen molar-refractivity contribution in [3.8, 4) is 11.8 Å². The van der Waals surface area contributed by atoms with Gasteiger partial charge in [0, 0.05) is 17.1 Å². The SMILES string of the molecule is CC(C)(C)OC(=O)N1CC=C(Cl)C(C2CCC(Oc3cccc(C#N)c3)CC2)=c2[nH]c3c(c21)CN=NC=3. The van der Waals surface area contributed by atoms with Crippen molar-refractivity contribution in [1.82, 2.24) is 4.98 Å². The van der Waals surface area contributed by atoms with Crippen LogP contribution in [0.4, 0.5) is 10.5 Å². The second-order valence-corrected chi connectivity index (χ2v) is 11.0. The number of nitrogens with one attached hydrogen (secondary N) is 1. The smallest absolute Gasteiger partial charge is 0.415 e. The van der Waals surface area contributed by atoms with Gasteiger partial charge in [-0.05, 0) is 82.2 Å². The largest absolute Gasteiger partial charge is 0.490 e. The number of H-pyrrole nitrogens is 1. The Balaban J connectivity index is 1.47. The molecule has 2 aromatic rings. The van der Waals surface area contributed by atoms with Crippen molar-refractivity contribution < 1.29 is 14.3 Å². The topological polar surface area (TPSA) is 103 Å². The number of amides is 1. The number of allylic oxidation sites excluding steroid dienone is 1. The van der Waals surface area contributed by atoms with Crippen LogP contribution in [0.25, 0.3) is 11.8 Å². The van der Waals surface area contributed by atoms with E-state index in [1.54, 1.807) is 23.2 Å². The number of nitriles is 1. The molecular weight excluding hydrogens is 490 g/mol. The number of azo groups is 1. The molecule has 0 radical (unpaired) electrons. The third-order valence-electron chi connectivity index (χ3n) is 6.82.